The van der Waals surface area contributed by atoms with E-state index in [-0.39, 0.29) is 17.3 Å². The number of fused-ring (bicyclic) bond motifs is 2. The van der Waals surface area contributed by atoms with E-state index in [0.717, 1.165) is 10.9 Å². The van der Waals surface area contributed by atoms with Crippen molar-refractivity contribution < 1.29 is 8.81 Å². The van der Waals surface area contributed by atoms with Crippen molar-refractivity contribution in [3.05, 3.63) is 70.3 Å². The molecule has 108 valence electrons. The Morgan fingerprint density at radius 3 is 2.64 bits per heavy atom. The van der Waals surface area contributed by atoms with Gasteiger partial charge in [0.1, 0.15) is 17.0 Å². The zero-order valence-corrected chi connectivity index (χ0v) is 11.7. The lowest BCUT2D eigenvalue weighted by Crippen LogP contribution is -2.14. The first kappa shape index (κ1) is 12.8. The van der Waals surface area contributed by atoms with Gasteiger partial charge in [0, 0.05) is 5.39 Å². The van der Waals surface area contributed by atoms with E-state index >= 15 is 0 Å². The van der Waals surface area contributed by atoms with Crippen LogP contribution in [0.3, 0.4) is 0 Å². The summed E-state index contributed by atoms with van der Waals surface area (Å²) in [4.78, 5) is 12.5. The summed E-state index contributed by atoms with van der Waals surface area (Å²) in [5.41, 5.74) is 2.37. The van der Waals surface area contributed by atoms with E-state index in [1.165, 1.54) is 28.9 Å². The summed E-state index contributed by atoms with van der Waals surface area (Å²) in [6, 6.07) is 13.1. The highest BCUT2D eigenvalue weighted by molar-refractivity contribution is 5.82. The molecule has 0 fully saturated rings. The molecule has 4 nitrogen and oxygen atoms in total. The van der Waals surface area contributed by atoms with Gasteiger partial charge in [-0.05, 0) is 49.4 Å². The average molecular weight is 294 g/mol. The topological polar surface area (TPSA) is 48.0 Å². The van der Waals surface area contributed by atoms with Gasteiger partial charge in [0.2, 0.25) is 5.89 Å². The molecule has 0 saturated carbocycles. The van der Waals surface area contributed by atoms with E-state index < -0.39 is 0 Å². The second-order valence-corrected chi connectivity index (χ2v) is 5.20. The molecule has 0 saturated heterocycles. The van der Waals surface area contributed by atoms with Crippen molar-refractivity contribution in [2.75, 3.05) is 0 Å². The van der Waals surface area contributed by atoms with E-state index in [9.17, 15) is 9.18 Å². The molecule has 0 N–H and O–H groups in total. The van der Waals surface area contributed by atoms with Crippen LogP contribution in [0.4, 0.5) is 4.39 Å². The fourth-order valence-electron chi connectivity index (χ4n) is 2.49. The van der Waals surface area contributed by atoms with Crippen molar-refractivity contribution in [1.29, 1.82) is 0 Å². The van der Waals surface area contributed by atoms with E-state index in [2.05, 4.69) is 5.10 Å². The van der Waals surface area contributed by atoms with Gasteiger partial charge >= 0.3 is 0 Å². The van der Waals surface area contributed by atoms with Gasteiger partial charge in [0.05, 0.1) is 5.69 Å². The lowest BCUT2D eigenvalue weighted by molar-refractivity contribution is 0.590. The van der Waals surface area contributed by atoms with Crippen LogP contribution in [0.15, 0.2) is 57.7 Å². The molecule has 2 aromatic rings. The normalized spacial score (nSPS) is 11.4. The standard InChI is InChI=1S/C17H11FN2O2/c1-10-2-7-15-11(8-10)9-14-16(22-15)19-20(17(14)21)13-5-3-12(18)4-6-13/h2-9H,1H3. The summed E-state index contributed by atoms with van der Waals surface area (Å²) in [6.45, 7) is 1.98. The summed E-state index contributed by atoms with van der Waals surface area (Å²) >= 11 is 0. The Morgan fingerprint density at radius 1 is 1.09 bits per heavy atom. The van der Waals surface area contributed by atoms with Crippen LogP contribution < -0.4 is 5.56 Å². The average Bonchev–Trinajstić information content (AvgIpc) is 2.82. The zero-order valence-electron chi connectivity index (χ0n) is 11.7. The minimum absolute atomic E-state index is 0.269. The summed E-state index contributed by atoms with van der Waals surface area (Å²) in [5.74, 6) is -0.0931. The van der Waals surface area contributed by atoms with Crippen molar-refractivity contribution in [3.63, 3.8) is 0 Å². The molecule has 2 aliphatic heterocycles. The number of aryl methyl sites for hydroxylation is 1. The van der Waals surface area contributed by atoms with Gasteiger partial charge in [-0.1, -0.05) is 11.6 Å². The first-order valence-corrected chi connectivity index (χ1v) is 6.81. The number of benzene rings is 2. The lowest BCUT2D eigenvalue weighted by Gasteiger charge is -2.00. The molecule has 5 heteroatoms. The Balaban J connectivity index is 2.00. The Morgan fingerprint density at radius 2 is 1.86 bits per heavy atom. The highest BCUT2D eigenvalue weighted by atomic mass is 19.1. The number of aromatic nitrogens is 2. The quantitative estimate of drug-likeness (QED) is 0.539. The van der Waals surface area contributed by atoms with Crippen LogP contribution in [-0.2, 0) is 0 Å². The molecular weight excluding hydrogens is 283 g/mol. The van der Waals surface area contributed by atoms with Gasteiger partial charge in [-0.3, -0.25) is 4.79 Å². The Labute approximate surface area is 124 Å². The first-order chi connectivity index (χ1) is 10.6. The molecule has 0 aromatic heterocycles. The second-order valence-electron chi connectivity index (χ2n) is 5.20. The van der Waals surface area contributed by atoms with Crippen LogP contribution in [0.1, 0.15) is 5.56 Å². The van der Waals surface area contributed by atoms with E-state index in [1.54, 1.807) is 6.07 Å². The van der Waals surface area contributed by atoms with Crippen LogP contribution in [0.25, 0.3) is 28.1 Å². The largest absolute Gasteiger partial charge is 0.436 e. The minimum Gasteiger partial charge on any atom is -0.436 e. The van der Waals surface area contributed by atoms with Gasteiger partial charge in [-0.25, -0.2) is 4.39 Å². The zero-order chi connectivity index (χ0) is 15.3. The van der Waals surface area contributed by atoms with Gasteiger partial charge in [0.25, 0.3) is 5.56 Å². The van der Waals surface area contributed by atoms with Crippen molar-refractivity contribution in [2.24, 2.45) is 0 Å². The summed E-state index contributed by atoms with van der Waals surface area (Å²) in [6.07, 6.45) is 0. The molecule has 22 heavy (non-hydrogen) atoms. The number of hydrogen-bond acceptors (Lipinski definition) is 3. The van der Waals surface area contributed by atoms with Crippen LogP contribution in [0, 0.1) is 12.7 Å². The number of rotatable bonds is 1. The third kappa shape index (κ3) is 1.90. The van der Waals surface area contributed by atoms with Gasteiger partial charge in [-0.2, -0.15) is 4.68 Å². The first-order valence-electron chi connectivity index (χ1n) is 6.81. The molecule has 0 bridgehead atoms. The molecule has 4 rings (SSSR count). The van der Waals surface area contributed by atoms with Gasteiger partial charge in [0.15, 0.2) is 0 Å². The monoisotopic (exact) mass is 294 g/mol. The lowest BCUT2D eigenvalue weighted by atomic mass is 10.1. The van der Waals surface area contributed by atoms with Crippen molar-refractivity contribution in [3.8, 4) is 17.1 Å². The summed E-state index contributed by atoms with van der Waals surface area (Å²) in [7, 11) is 0. The molecule has 0 atom stereocenters. The predicted molar refractivity (Wildman–Crippen MR) is 80.9 cm³/mol. The third-order valence-corrected chi connectivity index (χ3v) is 3.59. The maximum atomic E-state index is 13.0. The molecule has 2 aliphatic rings. The van der Waals surface area contributed by atoms with Crippen LogP contribution in [0.5, 0.6) is 0 Å². The fraction of sp³-hybridized carbons (Fsp3) is 0.0588. The second kappa shape index (κ2) is 4.53. The molecule has 0 amide bonds. The number of nitrogens with zero attached hydrogens (tertiary/aromatic N) is 2. The Bertz CT molecular complexity index is 1020. The smallest absolute Gasteiger partial charge is 0.284 e. The molecule has 2 heterocycles. The van der Waals surface area contributed by atoms with Gasteiger partial charge < -0.3 is 4.42 Å². The fourth-order valence-corrected chi connectivity index (χ4v) is 2.49. The van der Waals surface area contributed by atoms with Crippen molar-refractivity contribution in [1.82, 2.24) is 9.78 Å². The third-order valence-electron chi connectivity index (χ3n) is 3.59. The maximum absolute atomic E-state index is 13.0. The van der Waals surface area contributed by atoms with Crippen LogP contribution in [0.2, 0.25) is 0 Å². The van der Waals surface area contributed by atoms with Crippen LogP contribution in [-0.4, -0.2) is 9.78 Å². The highest BCUT2D eigenvalue weighted by Crippen LogP contribution is 2.25. The summed E-state index contributed by atoms with van der Waals surface area (Å²) in [5, 5.41) is 5.05. The molecule has 0 spiro atoms. The predicted octanol–water partition coefficient (Wildman–Crippen LogP) is 3.53. The van der Waals surface area contributed by atoms with Gasteiger partial charge in [-0.15, -0.1) is 5.10 Å². The molecule has 0 unspecified atom stereocenters. The number of halogens is 1. The Kier molecular flexibility index (Phi) is 2.63. The minimum atomic E-state index is -0.362. The maximum Gasteiger partial charge on any atom is 0.284 e. The van der Waals surface area contributed by atoms with E-state index in [1.807, 2.05) is 25.1 Å². The van der Waals surface area contributed by atoms with Crippen molar-refractivity contribution in [2.45, 2.75) is 6.92 Å². The van der Waals surface area contributed by atoms with E-state index in [0.29, 0.717) is 16.8 Å². The number of hydrogen-bond donors (Lipinski definition) is 0. The molecular formula is C17H11FN2O2. The highest BCUT2D eigenvalue weighted by Gasteiger charge is 2.19. The molecule has 0 aliphatic carbocycles. The Hall–Kier alpha value is -2.95. The molecule has 2 aromatic carbocycles. The SMILES string of the molecule is Cc1ccc2oc3nn(-c4ccc(F)cc4)c(=O)c-3cc2c1. The van der Waals surface area contributed by atoms with Crippen LogP contribution >= 0.6 is 0 Å². The van der Waals surface area contributed by atoms with Crippen molar-refractivity contribution >= 4 is 11.0 Å². The summed E-state index contributed by atoms with van der Waals surface area (Å²) < 4.78 is 19.9. The molecule has 0 radical (unpaired) electrons. The van der Waals surface area contributed by atoms with E-state index in [4.69, 9.17) is 4.42 Å².